The van der Waals surface area contributed by atoms with Crippen molar-refractivity contribution < 1.29 is 4.79 Å². The van der Waals surface area contributed by atoms with Crippen molar-refractivity contribution in [1.29, 1.82) is 0 Å². The lowest BCUT2D eigenvalue weighted by Gasteiger charge is -2.24. The predicted octanol–water partition coefficient (Wildman–Crippen LogP) is 2.80. The summed E-state index contributed by atoms with van der Waals surface area (Å²) in [6, 6.07) is 1.84. The van der Waals surface area contributed by atoms with Crippen LogP contribution in [-0.2, 0) is 0 Å². The number of aromatic nitrogens is 1. The monoisotopic (exact) mass is 263 g/mol. The number of amides is 1. The second-order valence-corrected chi connectivity index (χ2v) is 5.96. The number of hydrogen-bond acceptors (Lipinski definition) is 4. The van der Waals surface area contributed by atoms with E-state index in [1.165, 1.54) is 11.3 Å². The van der Waals surface area contributed by atoms with Crippen molar-refractivity contribution in [2.24, 2.45) is 0 Å². The Hall–Kier alpha value is -1.62. The van der Waals surface area contributed by atoms with Crippen LogP contribution in [0.4, 0.5) is 5.69 Å². The van der Waals surface area contributed by atoms with E-state index in [9.17, 15) is 4.79 Å². The van der Waals surface area contributed by atoms with Crippen molar-refractivity contribution in [3.63, 3.8) is 0 Å². The molecule has 0 aliphatic heterocycles. The lowest BCUT2D eigenvalue weighted by Crippen LogP contribution is -2.42. The molecule has 3 N–H and O–H groups in total. The molecule has 5 heteroatoms. The Labute approximate surface area is 110 Å². The van der Waals surface area contributed by atoms with Gasteiger partial charge in [-0.3, -0.25) is 9.78 Å². The van der Waals surface area contributed by atoms with Gasteiger partial charge in [0, 0.05) is 23.3 Å². The van der Waals surface area contributed by atoms with Gasteiger partial charge in [-0.25, -0.2) is 0 Å². The molecule has 0 atom stereocenters. The predicted molar refractivity (Wildman–Crippen MR) is 75.9 cm³/mol. The summed E-state index contributed by atoms with van der Waals surface area (Å²) in [6.45, 7) is 6.03. The first kappa shape index (κ1) is 12.8. The summed E-state index contributed by atoms with van der Waals surface area (Å²) >= 11 is 1.38. The van der Waals surface area contributed by atoms with Gasteiger partial charge in [0.2, 0.25) is 0 Å². The molecule has 0 aliphatic carbocycles. The van der Waals surface area contributed by atoms with Crippen LogP contribution in [0.3, 0.4) is 0 Å². The first-order valence-corrected chi connectivity index (χ1v) is 6.71. The number of carbonyl (C=O) groups is 1. The maximum atomic E-state index is 12.2. The fourth-order valence-corrected chi connectivity index (χ4v) is 2.58. The van der Waals surface area contributed by atoms with Gasteiger partial charge in [0.1, 0.15) is 4.88 Å². The maximum Gasteiger partial charge on any atom is 0.263 e. The molecular weight excluding hydrogens is 246 g/mol. The number of nitrogens with two attached hydrogens (primary N) is 1. The molecule has 0 saturated carbocycles. The third-order valence-electron chi connectivity index (χ3n) is 3.07. The van der Waals surface area contributed by atoms with E-state index in [4.69, 9.17) is 5.73 Å². The molecule has 0 aliphatic rings. The molecule has 0 aromatic carbocycles. The van der Waals surface area contributed by atoms with E-state index in [0.717, 1.165) is 16.5 Å². The Kier molecular flexibility index (Phi) is 3.26. The molecule has 0 fully saturated rings. The summed E-state index contributed by atoms with van der Waals surface area (Å²) in [4.78, 5) is 16.8. The van der Waals surface area contributed by atoms with Crippen molar-refractivity contribution in [1.82, 2.24) is 10.3 Å². The number of thiophene rings is 1. The average Bonchev–Trinajstić information content (AvgIpc) is 2.67. The van der Waals surface area contributed by atoms with Crippen LogP contribution in [0.5, 0.6) is 0 Å². The number of pyridine rings is 1. The molecule has 4 nitrogen and oxygen atoms in total. The fraction of sp³-hybridized carbons (Fsp3) is 0.385. The Morgan fingerprint density at radius 1 is 1.56 bits per heavy atom. The molecule has 2 heterocycles. The van der Waals surface area contributed by atoms with Crippen molar-refractivity contribution >= 4 is 33.0 Å². The number of hydrogen-bond donors (Lipinski definition) is 2. The van der Waals surface area contributed by atoms with E-state index < -0.39 is 0 Å². The highest BCUT2D eigenvalue weighted by Crippen LogP contribution is 2.33. The highest BCUT2D eigenvalue weighted by atomic mass is 32.1. The smallest absolute Gasteiger partial charge is 0.263 e. The standard InChI is InChI=1S/C13H17N3OS/c1-4-13(2,3)16-12(17)11-10(14)8-5-6-15-7-9(8)18-11/h5-7H,4,14H2,1-3H3,(H,16,17). The highest BCUT2D eigenvalue weighted by molar-refractivity contribution is 7.21. The first-order chi connectivity index (χ1) is 8.44. The quantitative estimate of drug-likeness (QED) is 0.894. The van der Waals surface area contributed by atoms with E-state index in [2.05, 4.69) is 10.3 Å². The molecule has 0 radical (unpaired) electrons. The van der Waals surface area contributed by atoms with Crippen molar-refractivity contribution in [2.45, 2.75) is 32.7 Å². The van der Waals surface area contributed by atoms with Gasteiger partial charge < -0.3 is 11.1 Å². The number of nitrogens with zero attached hydrogens (tertiary/aromatic N) is 1. The summed E-state index contributed by atoms with van der Waals surface area (Å²) < 4.78 is 0.939. The zero-order valence-electron chi connectivity index (χ0n) is 10.8. The van der Waals surface area contributed by atoms with Crippen LogP contribution >= 0.6 is 11.3 Å². The highest BCUT2D eigenvalue weighted by Gasteiger charge is 2.22. The van der Waals surface area contributed by atoms with Gasteiger partial charge in [0.05, 0.1) is 10.4 Å². The largest absolute Gasteiger partial charge is 0.397 e. The Morgan fingerprint density at radius 3 is 2.89 bits per heavy atom. The van der Waals surface area contributed by atoms with E-state index in [0.29, 0.717) is 10.6 Å². The minimum atomic E-state index is -0.224. The van der Waals surface area contributed by atoms with Gasteiger partial charge in [-0.1, -0.05) is 6.92 Å². The van der Waals surface area contributed by atoms with E-state index in [1.807, 2.05) is 26.8 Å². The van der Waals surface area contributed by atoms with Crippen LogP contribution in [0.15, 0.2) is 18.5 Å². The summed E-state index contributed by atoms with van der Waals surface area (Å²) in [5.41, 5.74) is 6.34. The van der Waals surface area contributed by atoms with Gasteiger partial charge >= 0.3 is 0 Å². The summed E-state index contributed by atoms with van der Waals surface area (Å²) in [7, 11) is 0. The summed E-state index contributed by atoms with van der Waals surface area (Å²) in [5, 5.41) is 3.89. The Bertz CT molecular complexity index is 589. The summed E-state index contributed by atoms with van der Waals surface area (Å²) in [5.74, 6) is -0.111. The third kappa shape index (κ3) is 2.31. The molecule has 0 bridgehead atoms. The van der Waals surface area contributed by atoms with Gasteiger partial charge in [-0.2, -0.15) is 0 Å². The minimum Gasteiger partial charge on any atom is -0.397 e. The van der Waals surface area contributed by atoms with Crippen molar-refractivity contribution in [3.8, 4) is 0 Å². The zero-order chi connectivity index (χ0) is 13.3. The summed E-state index contributed by atoms with van der Waals surface area (Å²) in [6.07, 6.45) is 4.28. The number of fused-ring (bicyclic) bond motifs is 1. The Balaban J connectivity index is 2.37. The Morgan fingerprint density at radius 2 is 2.28 bits per heavy atom. The molecular formula is C13H17N3OS. The maximum absolute atomic E-state index is 12.2. The van der Waals surface area contributed by atoms with Crippen LogP contribution in [0.2, 0.25) is 0 Å². The number of anilines is 1. The molecule has 0 spiro atoms. The van der Waals surface area contributed by atoms with Gasteiger partial charge in [-0.05, 0) is 26.3 Å². The fourth-order valence-electron chi connectivity index (χ4n) is 1.59. The topological polar surface area (TPSA) is 68.0 Å². The van der Waals surface area contributed by atoms with Crippen molar-refractivity contribution in [2.75, 3.05) is 5.73 Å². The second kappa shape index (κ2) is 4.57. The molecule has 0 unspecified atom stereocenters. The molecule has 18 heavy (non-hydrogen) atoms. The van der Waals surface area contributed by atoms with Crippen LogP contribution in [-0.4, -0.2) is 16.4 Å². The lowest BCUT2D eigenvalue weighted by atomic mass is 10.0. The molecule has 96 valence electrons. The van der Waals surface area contributed by atoms with E-state index in [1.54, 1.807) is 12.4 Å². The molecule has 2 aromatic heterocycles. The molecule has 2 aromatic rings. The zero-order valence-corrected chi connectivity index (χ0v) is 11.6. The van der Waals surface area contributed by atoms with Crippen LogP contribution in [0, 0.1) is 0 Å². The number of nitrogens with one attached hydrogen (secondary N) is 1. The van der Waals surface area contributed by atoms with E-state index >= 15 is 0 Å². The normalized spacial score (nSPS) is 11.7. The van der Waals surface area contributed by atoms with E-state index in [-0.39, 0.29) is 11.4 Å². The SMILES string of the molecule is CCC(C)(C)NC(=O)c1sc2cnccc2c1N. The first-order valence-electron chi connectivity index (χ1n) is 5.89. The second-order valence-electron chi connectivity index (χ2n) is 4.91. The average molecular weight is 263 g/mol. The van der Waals surface area contributed by atoms with Gasteiger partial charge in [0.25, 0.3) is 5.91 Å². The number of nitrogen functional groups attached to an aromatic ring is 1. The van der Waals surface area contributed by atoms with Crippen LogP contribution < -0.4 is 11.1 Å². The number of carbonyl (C=O) groups excluding carboxylic acids is 1. The molecule has 0 saturated heterocycles. The van der Waals surface area contributed by atoms with Gasteiger partial charge in [0.15, 0.2) is 0 Å². The minimum absolute atomic E-state index is 0.111. The van der Waals surface area contributed by atoms with Crippen molar-refractivity contribution in [3.05, 3.63) is 23.3 Å². The third-order valence-corrected chi connectivity index (χ3v) is 4.23. The van der Waals surface area contributed by atoms with Gasteiger partial charge in [-0.15, -0.1) is 11.3 Å². The van der Waals surface area contributed by atoms with Crippen LogP contribution in [0.1, 0.15) is 36.9 Å². The molecule has 1 amide bonds. The number of rotatable bonds is 3. The lowest BCUT2D eigenvalue weighted by molar-refractivity contribution is 0.0916. The van der Waals surface area contributed by atoms with Crippen LogP contribution in [0.25, 0.3) is 10.1 Å². The molecule has 2 rings (SSSR count).